The molecule has 2 N–H and O–H groups in total. The fraction of sp³-hybridized carbons (Fsp3) is 0.500. The lowest BCUT2D eigenvalue weighted by Gasteiger charge is -2.70. The van der Waals surface area contributed by atoms with Crippen molar-refractivity contribution in [2.45, 2.75) is 68.2 Å². The number of carbonyl (C=O) groups excluding carboxylic acids is 1. The number of aliphatic carboxylic acids is 1. The van der Waals surface area contributed by atoms with Gasteiger partial charge in [0.25, 0.3) is 10.0 Å². The first-order valence-corrected chi connectivity index (χ1v) is 15.6. The molecule has 0 aliphatic heterocycles. The van der Waals surface area contributed by atoms with Gasteiger partial charge in [-0.3, -0.25) is 13.9 Å². The minimum absolute atomic E-state index is 0.106. The van der Waals surface area contributed by atoms with Crippen LogP contribution in [-0.4, -0.2) is 54.0 Å². The number of sulfonamides is 1. The van der Waals surface area contributed by atoms with E-state index in [2.05, 4.69) is 10.3 Å². The summed E-state index contributed by atoms with van der Waals surface area (Å²) in [5.74, 6) is -2.88. The summed E-state index contributed by atoms with van der Waals surface area (Å²) in [7, 11) is -0.574. The van der Waals surface area contributed by atoms with Crippen LogP contribution in [0.2, 0.25) is 0 Å². The number of carbonyl (C=O) groups is 2. The van der Waals surface area contributed by atoms with E-state index in [1.54, 1.807) is 42.5 Å². The Morgan fingerprint density at radius 3 is 2.40 bits per heavy atom. The number of nitrogens with one attached hydrogen (secondary N) is 1. The largest absolute Gasteiger partial charge is 0.481 e. The molecular formula is C30H34F2N4O5S. The van der Waals surface area contributed by atoms with Crippen LogP contribution in [-0.2, 0) is 26.7 Å². The van der Waals surface area contributed by atoms with Crippen LogP contribution in [0.4, 0.5) is 14.5 Å². The predicted octanol–water partition coefficient (Wildman–Crippen LogP) is 4.60. The van der Waals surface area contributed by atoms with Crippen LogP contribution >= 0.6 is 0 Å². The topological polar surface area (TPSA) is 122 Å². The fourth-order valence-corrected chi connectivity index (χ4v) is 8.70. The fourth-order valence-electron chi connectivity index (χ4n) is 7.48. The molecule has 2 aromatic carbocycles. The lowest BCUT2D eigenvalue weighted by molar-refractivity contribution is -0.229. The Labute approximate surface area is 243 Å². The smallest absolute Gasteiger partial charge is 0.307 e. The summed E-state index contributed by atoms with van der Waals surface area (Å²) in [5.41, 5.74) is 0.916. The Kier molecular flexibility index (Phi) is 6.63. The van der Waals surface area contributed by atoms with E-state index in [-0.39, 0.29) is 30.1 Å². The summed E-state index contributed by atoms with van der Waals surface area (Å²) in [6, 6.07) is 11.6. The SMILES string of the molecule is Cc1nc2cc(S(=O)(=O)N(C)c3ccc([C@H]4CCC[C@@H](C(=O)NC56CC(C(F)F)(C5)C6)[C@@H]4C(=O)O)cc3)ccc2n1C. The molecule has 0 saturated heterocycles. The summed E-state index contributed by atoms with van der Waals surface area (Å²) in [5, 5.41) is 13.1. The van der Waals surface area contributed by atoms with Gasteiger partial charge in [-0.25, -0.2) is 22.2 Å². The van der Waals surface area contributed by atoms with Crippen LogP contribution in [0.15, 0.2) is 47.4 Å². The lowest BCUT2D eigenvalue weighted by Crippen LogP contribution is -2.77. The molecule has 224 valence electrons. The molecule has 7 rings (SSSR count). The molecule has 0 unspecified atom stereocenters. The Morgan fingerprint density at radius 1 is 1.12 bits per heavy atom. The molecular weight excluding hydrogens is 566 g/mol. The van der Waals surface area contributed by atoms with Gasteiger partial charge in [0.2, 0.25) is 12.3 Å². The van der Waals surface area contributed by atoms with E-state index in [9.17, 15) is 31.9 Å². The van der Waals surface area contributed by atoms with Crippen molar-refractivity contribution in [2.24, 2.45) is 24.3 Å². The highest BCUT2D eigenvalue weighted by Gasteiger charge is 2.72. The van der Waals surface area contributed by atoms with Crippen LogP contribution in [0.25, 0.3) is 11.0 Å². The molecule has 4 saturated carbocycles. The number of aromatic nitrogens is 2. The van der Waals surface area contributed by atoms with Crippen molar-refractivity contribution in [1.29, 1.82) is 0 Å². The number of halogens is 2. The third-order valence-corrected chi connectivity index (χ3v) is 11.6. The molecule has 3 atom stereocenters. The summed E-state index contributed by atoms with van der Waals surface area (Å²) in [6.07, 6.45) is -0.0645. The quantitative estimate of drug-likeness (QED) is 0.390. The van der Waals surface area contributed by atoms with Crippen molar-refractivity contribution < 1.29 is 31.9 Å². The summed E-state index contributed by atoms with van der Waals surface area (Å²) < 4.78 is 56.4. The molecule has 1 amide bonds. The molecule has 4 aliphatic rings. The number of anilines is 1. The highest BCUT2D eigenvalue weighted by Crippen LogP contribution is 2.69. The van der Waals surface area contributed by atoms with E-state index in [1.165, 1.54) is 11.4 Å². The van der Waals surface area contributed by atoms with Crippen molar-refractivity contribution in [1.82, 2.24) is 14.9 Å². The summed E-state index contributed by atoms with van der Waals surface area (Å²) in [4.78, 5) is 30.2. The number of carboxylic acid groups (broad SMARTS) is 1. The van der Waals surface area contributed by atoms with Crippen molar-refractivity contribution >= 4 is 38.6 Å². The molecule has 42 heavy (non-hydrogen) atoms. The van der Waals surface area contributed by atoms with Gasteiger partial charge in [-0.1, -0.05) is 18.6 Å². The van der Waals surface area contributed by atoms with E-state index >= 15 is 0 Å². The number of benzene rings is 2. The minimum atomic E-state index is -3.90. The third kappa shape index (κ3) is 4.37. The molecule has 12 heteroatoms. The number of alkyl halides is 2. The second-order valence-corrected chi connectivity index (χ2v) is 14.4. The second-order valence-electron chi connectivity index (χ2n) is 12.4. The summed E-state index contributed by atoms with van der Waals surface area (Å²) in [6.45, 7) is 1.85. The minimum Gasteiger partial charge on any atom is -0.481 e. The van der Waals surface area contributed by atoms with Gasteiger partial charge in [0.15, 0.2) is 0 Å². The molecule has 9 nitrogen and oxygen atoms in total. The zero-order valence-corrected chi connectivity index (χ0v) is 24.5. The van der Waals surface area contributed by atoms with Gasteiger partial charge >= 0.3 is 5.97 Å². The van der Waals surface area contributed by atoms with Crippen molar-refractivity contribution in [3.8, 4) is 0 Å². The number of hydrogen-bond donors (Lipinski definition) is 2. The highest BCUT2D eigenvalue weighted by atomic mass is 32.2. The van der Waals surface area contributed by atoms with Gasteiger partial charge in [0.05, 0.1) is 33.5 Å². The zero-order valence-electron chi connectivity index (χ0n) is 23.7. The number of rotatable bonds is 8. The average molecular weight is 601 g/mol. The monoisotopic (exact) mass is 600 g/mol. The Bertz CT molecular complexity index is 1670. The van der Waals surface area contributed by atoms with Gasteiger partial charge in [-0.15, -0.1) is 0 Å². The first-order chi connectivity index (χ1) is 19.8. The number of fused-ring (bicyclic) bond motifs is 1. The van der Waals surface area contributed by atoms with Crippen molar-refractivity contribution in [2.75, 3.05) is 11.4 Å². The number of hydrogen-bond acceptors (Lipinski definition) is 5. The van der Waals surface area contributed by atoms with E-state index in [0.717, 1.165) is 11.3 Å². The van der Waals surface area contributed by atoms with Crippen LogP contribution in [0.3, 0.4) is 0 Å². The van der Waals surface area contributed by atoms with Crippen LogP contribution in [0.1, 0.15) is 55.8 Å². The van der Waals surface area contributed by atoms with E-state index in [1.807, 2.05) is 18.5 Å². The van der Waals surface area contributed by atoms with Crippen molar-refractivity contribution in [3.05, 3.63) is 53.9 Å². The van der Waals surface area contributed by atoms with Crippen LogP contribution < -0.4 is 9.62 Å². The molecule has 3 aromatic rings. The highest BCUT2D eigenvalue weighted by molar-refractivity contribution is 7.92. The average Bonchev–Trinajstić information content (AvgIpc) is 3.20. The lowest BCUT2D eigenvalue weighted by atomic mass is 9.39. The third-order valence-electron chi connectivity index (χ3n) is 9.86. The van der Waals surface area contributed by atoms with E-state index in [0.29, 0.717) is 36.0 Å². The van der Waals surface area contributed by atoms with Gasteiger partial charge in [0, 0.05) is 25.0 Å². The second kappa shape index (κ2) is 9.75. The van der Waals surface area contributed by atoms with Gasteiger partial charge in [-0.05, 0) is 80.8 Å². The predicted molar refractivity (Wildman–Crippen MR) is 152 cm³/mol. The van der Waals surface area contributed by atoms with Gasteiger partial charge in [-0.2, -0.15) is 0 Å². The normalized spacial score (nSPS) is 28.7. The Hall–Kier alpha value is -3.54. The standard InChI is InChI=1S/C30H34F2N4O5S/c1-17-33-23-13-20(11-12-24(23)35(17)2)42(40,41)36(3)19-9-7-18(8-10-19)21-5-4-6-22(25(21)27(38)39)26(37)34-30-14-29(15-30,16-30)28(31)32/h7-13,21-22,25,28H,4-6,14-16H2,1-3H3,(H,34,37)(H,38,39)/t21-,22-,25-,29?,30?/m1/s1. The molecule has 4 aliphatic carbocycles. The zero-order chi connectivity index (χ0) is 30.2. The Balaban J connectivity index is 1.19. The first-order valence-electron chi connectivity index (χ1n) is 14.1. The van der Waals surface area contributed by atoms with Gasteiger partial charge < -0.3 is 15.0 Å². The first kappa shape index (κ1) is 28.6. The maximum atomic E-state index is 13.4. The Morgan fingerprint density at radius 2 is 1.79 bits per heavy atom. The van der Waals surface area contributed by atoms with Gasteiger partial charge in [0.1, 0.15) is 5.82 Å². The maximum Gasteiger partial charge on any atom is 0.307 e. The van der Waals surface area contributed by atoms with Crippen molar-refractivity contribution in [3.63, 3.8) is 0 Å². The van der Waals surface area contributed by atoms with Crippen LogP contribution in [0, 0.1) is 24.2 Å². The molecule has 4 fully saturated rings. The van der Waals surface area contributed by atoms with E-state index < -0.39 is 51.1 Å². The molecule has 0 radical (unpaired) electrons. The number of nitrogens with zero attached hydrogens (tertiary/aromatic N) is 3. The molecule has 1 aromatic heterocycles. The number of imidazole rings is 1. The van der Waals surface area contributed by atoms with Crippen LogP contribution in [0.5, 0.6) is 0 Å². The number of aryl methyl sites for hydroxylation is 2. The van der Waals surface area contributed by atoms with E-state index in [4.69, 9.17) is 0 Å². The molecule has 1 heterocycles. The molecule has 2 bridgehead atoms. The maximum absolute atomic E-state index is 13.4. The number of carboxylic acids is 1. The molecule has 0 spiro atoms. The summed E-state index contributed by atoms with van der Waals surface area (Å²) >= 11 is 0. The number of amides is 1.